The predicted octanol–water partition coefficient (Wildman–Crippen LogP) is 0.986. The fourth-order valence-electron chi connectivity index (χ4n) is 1.08. The summed E-state index contributed by atoms with van der Waals surface area (Å²) in [4.78, 5) is 10.8. The van der Waals surface area contributed by atoms with Gasteiger partial charge in [0.05, 0.1) is 12.9 Å². The Kier molecular flexibility index (Phi) is 7.96. The Hall–Kier alpha value is -0.140. The lowest BCUT2D eigenvalue weighted by atomic mass is 10.3. The van der Waals surface area contributed by atoms with Crippen LogP contribution in [0.25, 0.3) is 0 Å². The fraction of sp³-hybridized carbons (Fsp3) is 0.889. The van der Waals surface area contributed by atoms with Crippen molar-refractivity contribution in [3.8, 4) is 0 Å². The molecule has 0 bridgehead atoms. The van der Waals surface area contributed by atoms with Crippen LogP contribution in [-0.4, -0.2) is 50.5 Å². The number of hydrogen-bond acceptors (Lipinski definition) is 4. The van der Waals surface area contributed by atoms with Crippen molar-refractivity contribution in [1.29, 1.82) is 0 Å². The van der Waals surface area contributed by atoms with Crippen LogP contribution >= 0.6 is 15.9 Å². The molecule has 0 aliphatic rings. The summed E-state index contributed by atoms with van der Waals surface area (Å²) in [7, 11) is -0.389. The summed E-state index contributed by atoms with van der Waals surface area (Å²) in [6.07, 6.45) is 1.21. The van der Waals surface area contributed by atoms with Crippen molar-refractivity contribution in [2.45, 2.75) is 19.3 Å². The van der Waals surface area contributed by atoms with Gasteiger partial charge in [0.1, 0.15) is 0 Å². The normalized spacial score (nSPS) is 11.8. The van der Waals surface area contributed by atoms with Gasteiger partial charge in [-0.2, -0.15) is 0 Å². The third kappa shape index (κ3) is 6.44. The Labute approximate surface area is 105 Å². The fourth-order valence-corrected chi connectivity index (χ4v) is 2.56. The molecule has 0 unspecified atom stereocenters. The van der Waals surface area contributed by atoms with E-state index in [9.17, 15) is 13.2 Å². The lowest BCUT2D eigenvalue weighted by Crippen LogP contribution is -2.30. The van der Waals surface area contributed by atoms with Gasteiger partial charge in [-0.15, -0.1) is 0 Å². The van der Waals surface area contributed by atoms with Gasteiger partial charge in [0.25, 0.3) is 0 Å². The second-order valence-corrected chi connectivity index (χ2v) is 6.35. The van der Waals surface area contributed by atoms with Crippen molar-refractivity contribution < 1.29 is 17.9 Å². The number of methoxy groups -OCH3 is 1. The number of esters is 1. The minimum absolute atomic E-state index is 0.0130. The SMILES string of the molecule is COC(=O)CCCS(=O)(=O)N(C)CCCBr. The van der Waals surface area contributed by atoms with Gasteiger partial charge in [0.2, 0.25) is 10.0 Å². The molecule has 5 nitrogen and oxygen atoms in total. The molecule has 0 rings (SSSR count). The van der Waals surface area contributed by atoms with Crippen LogP contribution in [0.1, 0.15) is 19.3 Å². The zero-order valence-electron chi connectivity index (χ0n) is 9.61. The zero-order valence-corrected chi connectivity index (χ0v) is 12.0. The van der Waals surface area contributed by atoms with Gasteiger partial charge in [0.15, 0.2) is 0 Å². The standard InChI is InChI=1S/C9H18BrNO4S/c1-11(7-4-6-10)16(13,14)8-3-5-9(12)15-2/h3-8H2,1-2H3. The Morgan fingerprint density at radius 2 is 2.00 bits per heavy atom. The first-order valence-electron chi connectivity index (χ1n) is 5.01. The van der Waals surface area contributed by atoms with E-state index in [1.54, 1.807) is 7.05 Å². The Morgan fingerprint density at radius 1 is 1.38 bits per heavy atom. The largest absolute Gasteiger partial charge is 0.469 e. The number of alkyl halides is 1. The third-order valence-corrected chi connectivity index (χ3v) is 4.59. The van der Waals surface area contributed by atoms with Gasteiger partial charge in [-0.25, -0.2) is 12.7 Å². The highest BCUT2D eigenvalue weighted by atomic mass is 79.9. The van der Waals surface area contributed by atoms with Crippen LogP contribution in [0.2, 0.25) is 0 Å². The molecule has 0 radical (unpaired) electrons. The maximum absolute atomic E-state index is 11.7. The number of rotatable bonds is 8. The third-order valence-electron chi connectivity index (χ3n) is 2.09. The Bertz CT molecular complexity index is 305. The second kappa shape index (κ2) is 8.03. The number of sulfonamides is 1. The van der Waals surface area contributed by atoms with Gasteiger partial charge >= 0.3 is 5.97 Å². The first-order chi connectivity index (χ1) is 7.44. The van der Waals surface area contributed by atoms with Crippen molar-refractivity contribution >= 4 is 31.9 Å². The zero-order chi connectivity index (χ0) is 12.6. The molecule has 0 aromatic heterocycles. The Balaban J connectivity index is 3.99. The smallest absolute Gasteiger partial charge is 0.305 e. The number of nitrogens with zero attached hydrogens (tertiary/aromatic N) is 1. The van der Waals surface area contributed by atoms with E-state index < -0.39 is 10.0 Å². The molecule has 0 atom stereocenters. The first-order valence-corrected chi connectivity index (χ1v) is 7.74. The number of carbonyl (C=O) groups is 1. The van der Waals surface area contributed by atoms with Gasteiger partial charge in [-0.1, -0.05) is 15.9 Å². The van der Waals surface area contributed by atoms with E-state index in [4.69, 9.17) is 0 Å². The number of ether oxygens (including phenoxy) is 1. The maximum atomic E-state index is 11.7. The van der Waals surface area contributed by atoms with Gasteiger partial charge < -0.3 is 4.74 Å². The van der Waals surface area contributed by atoms with E-state index in [0.717, 1.165) is 11.8 Å². The summed E-state index contributed by atoms with van der Waals surface area (Å²) in [6, 6.07) is 0. The lowest BCUT2D eigenvalue weighted by molar-refractivity contribution is -0.140. The van der Waals surface area contributed by atoms with E-state index in [2.05, 4.69) is 20.7 Å². The van der Waals surface area contributed by atoms with Crippen LogP contribution in [0.15, 0.2) is 0 Å². The molecule has 0 aromatic carbocycles. The molecule has 0 spiro atoms. The van der Waals surface area contributed by atoms with E-state index in [1.165, 1.54) is 11.4 Å². The highest BCUT2D eigenvalue weighted by molar-refractivity contribution is 9.09. The average Bonchev–Trinajstić information content (AvgIpc) is 2.25. The van der Waals surface area contributed by atoms with Crippen LogP contribution in [0.3, 0.4) is 0 Å². The minimum Gasteiger partial charge on any atom is -0.469 e. The summed E-state index contributed by atoms with van der Waals surface area (Å²) >= 11 is 3.24. The molecule has 0 fully saturated rings. The lowest BCUT2D eigenvalue weighted by Gasteiger charge is -2.16. The van der Waals surface area contributed by atoms with Gasteiger partial charge in [-0.05, 0) is 12.8 Å². The molecule has 0 N–H and O–H groups in total. The predicted molar refractivity (Wildman–Crippen MR) is 66.1 cm³/mol. The molecule has 0 saturated carbocycles. The molecular weight excluding hydrogens is 298 g/mol. The van der Waals surface area contributed by atoms with Crippen molar-refractivity contribution in [2.75, 3.05) is 31.8 Å². The van der Waals surface area contributed by atoms with Crippen molar-refractivity contribution in [1.82, 2.24) is 4.31 Å². The molecule has 7 heteroatoms. The van der Waals surface area contributed by atoms with E-state index in [-0.39, 0.29) is 18.1 Å². The van der Waals surface area contributed by atoms with Crippen LogP contribution in [0, 0.1) is 0 Å². The summed E-state index contributed by atoms with van der Waals surface area (Å²) in [5.41, 5.74) is 0. The molecule has 16 heavy (non-hydrogen) atoms. The number of halogens is 1. The molecule has 96 valence electrons. The van der Waals surface area contributed by atoms with Gasteiger partial charge in [0, 0.05) is 25.3 Å². The number of hydrogen-bond donors (Lipinski definition) is 0. The van der Waals surface area contributed by atoms with Crippen molar-refractivity contribution in [2.24, 2.45) is 0 Å². The van der Waals surface area contributed by atoms with Crippen LogP contribution in [-0.2, 0) is 19.6 Å². The summed E-state index contributed by atoms with van der Waals surface area (Å²) in [5.74, 6) is -0.390. The maximum Gasteiger partial charge on any atom is 0.305 e. The number of carbonyl (C=O) groups excluding carboxylic acids is 1. The van der Waals surface area contributed by atoms with E-state index in [0.29, 0.717) is 13.0 Å². The summed E-state index contributed by atoms with van der Waals surface area (Å²) < 4.78 is 29.1. The van der Waals surface area contributed by atoms with Crippen LogP contribution in [0.4, 0.5) is 0 Å². The molecular formula is C9H18BrNO4S. The average molecular weight is 316 g/mol. The van der Waals surface area contributed by atoms with Crippen molar-refractivity contribution in [3.63, 3.8) is 0 Å². The monoisotopic (exact) mass is 315 g/mol. The van der Waals surface area contributed by atoms with E-state index in [1.807, 2.05) is 0 Å². The quantitative estimate of drug-likeness (QED) is 0.495. The highest BCUT2D eigenvalue weighted by Crippen LogP contribution is 2.04. The minimum atomic E-state index is -3.23. The molecule has 0 amide bonds. The molecule has 0 heterocycles. The first kappa shape index (κ1) is 15.9. The molecule has 0 aliphatic carbocycles. The summed E-state index contributed by atoms with van der Waals surface area (Å²) in [6.45, 7) is 0.492. The second-order valence-electron chi connectivity index (χ2n) is 3.36. The summed E-state index contributed by atoms with van der Waals surface area (Å²) in [5, 5.41) is 0.773. The molecule has 0 aliphatic heterocycles. The molecule has 0 aromatic rings. The highest BCUT2D eigenvalue weighted by Gasteiger charge is 2.17. The topological polar surface area (TPSA) is 63.7 Å². The Morgan fingerprint density at radius 3 is 2.50 bits per heavy atom. The van der Waals surface area contributed by atoms with Crippen molar-refractivity contribution in [3.05, 3.63) is 0 Å². The van der Waals surface area contributed by atoms with Crippen LogP contribution < -0.4 is 0 Å². The van der Waals surface area contributed by atoms with Gasteiger partial charge in [-0.3, -0.25) is 4.79 Å². The molecule has 0 saturated heterocycles. The van der Waals surface area contributed by atoms with E-state index >= 15 is 0 Å². The van der Waals surface area contributed by atoms with Crippen LogP contribution in [0.5, 0.6) is 0 Å².